The molecule has 0 saturated heterocycles. The van der Waals surface area contributed by atoms with E-state index < -0.39 is 6.09 Å². The molecule has 0 aliphatic carbocycles. The summed E-state index contributed by atoms with van der Waals surface area (Å²) in [6.45, 7) is 6.36. The minimum atomic E-state index is -1.17. The van der Waals surface area contributed by atoms with Crippen molar-refractivity contribution in [2.45, 2.75) is 26.2 Å². The van der Waals surface area contributed by atoms with Gasteiger partial charge in [-0.05, 0) is 18.2 Å². The Balaban J connectivity index is 2.59. The number of nitrogens with zero attached hydrogens (tertiary/aromatic N) is 1. The largest absolute Gasteiger partial charge is 0.494 e. The lowest BCUT2D eigenvalue weighted by molar-refractivity contribution is 0.210. The lowest BCUT2D eigenvalue weighted by Crippen LogP contribution is -2.17. The average Bonchev–Trinajstić information content (AvgIpc) is 2.89. The van der Waals surface area contributed by atoms with E-state index in [0.717, 1.165) is 11.4 Å². The minimum Gasteiger partial charge on any atom is -0.494 e. The number of amides is 1. The van der Waals surface area contributed by atoms with Crippen molar-refractivity contribution in [3.8, 4) is 11.4 Å². The van der Waals surface area contributed by atoms with Crippen molar-refractivity contribution in [2.75, 3.05) is 18.2 Å². The Morgan fingerprint density at radius 2 is 2.05 bits per heavy atom. The molecule has 0 bridgehead atoms. The molecule has 4 N–H and O–H groups in total. The summed E-state index contributed by atoms with van der Waals surface area (Å²) in [6, 6.07) is 7.29. The van der Waals surface area contributed by atoms with E-state index in [0.29, 0.717) is 17.1 Å². The molecule has 2 aromatic rings. The summed E-state index contributed by atoms with van der Waals surface area (Å²) in [5.74, 6) is 0.541. The van der Waals surface area contributed by atoms with E-state index in [2.05, 4.69) is 26.1 Å². The molecule has 0 unspecified atom stereocenters. The predicted molar refractivity (Wildman–Crippen MR) is 87.1 cm³/mol. The molecule has 1 amide bonds. The molecule has 0 fully saturated rings. The van der Waals surface area contributed by atoms with E-state index in [1.54, 1.807) is 19.2 Å². The van der Waals surface area contributed by atoms with Crippen molar-refractivity contribution in [1.82, 2.24) is 4.57 Å². The Labute approximate surface area is 129 Å². The molecule has 1 aromatic carbocycles. The van der Waals surface area contributed by atoms with Gasteiger partial charge in [-0.15, -0.1) is 0 Å². The van der Waals surface area contributed by atoms with Crippen LogP contribution in [0.4, 0.5) is 16.2 Å². The first-order valence-corrected chi connectivity index (χ1v) is 6.89. The first-order chi connectivity index (χ1) is 10.2. The van der Waals surface area contributed by atoms with Crippen LogP contribution in [0.1, 0.15) is 26.5 Å². The van der Waals surface area contributed by atoms with Crippen molar-refractivity contribution in [3.63, 3.8) is 0 Å². The smallest absolute Gasteiger partial charge is 0.409 e. The maximum absolute atomic E-state index is 10.8. The van der Waals surface area contributed by atoms with Crippen LogP contribution >= 0.6 is 0 Å². The van der Waals surface area contributed by atoms with Gasteiger partial charge < -0.3 is 20.1 Å². The predicted octanol–water partition coefficient (Wildman–Crippen LogP) is 3.46. The number of aromatic nitrogens is 1. The number of ether oxygens (including phenoxy) is 1. The highest BCUT2D eigenvalue weighted by atomic mass is 16.5. The molecule has 0 spiro atoms. The fourth-order valence-electron chi connectivity index (χ4n) is 2.36. The topological polar surface area (TPSA) is 89.5 Å². The Bertz CT molecular complexity index is 699. The van der Waals surface area contributed by atoms with Gasteiger partial charge in [-0.25, -0.2) is 4.79 Å². The molecule has 0 saturated carbocycles. The van der Waals surface area contributed by atoms with Crippen LogP contribution in [0.25, 0.3) is 5.69 Å². The van der Waals surface area contributed by atoms with E-state index in [9.17, 15) is 4.79 Å². The number of carbonyl (C=O) groups is 1. The molecule has 6 nitrogen and oxygen atoms in total. The van der Waals surface area contributed by atoms with E-state index in [-0.39, 0.29) is 5.41 Å². The second kappa shape index (κ2) is 5.63. The maximum atomic E-state index is 10.8. The first-order valence-electron chi connectivity index (χ1n) is 6.89. The van der Waals surface area contributed by atoms with Crippen molar-refractivity contribution < 1.29 is 14.6 Å². The van der Waals surface area contributed by atoms with Crippen LogP contribution in [0, 0.1) is 0 Å². The van der Waals surface area contributed by atoms with Crippen molar-refractivity contribution in [2.24, 2.45) is 0 Å². The van der Waals surface area contributed by atoms with E-state index >= 15 is 0 Å². The molecule has 22 heavy (non-hydrogen) atoms. The molecule has 0 radical (unpaired) electrons. The van der Waals surface area contributed by atoms with Gasteiger partial charge in [0.05, 0.1) is 24.2 Å². The zero-order valence-electron chi connectivity index (χ0n) is 13.2. The number of nitrogens with two attached hydrogens (primary N) is 1. The Morgan fingerprint density at radius 3 is 2.59 bits per heavy atom. The van der Waals surface area contributed by atoms with Crippen LogP contribution in [0.2, 0.25) is 0 Å². The Morgan fingerprint density at radius 1 is 1.36 bits per heavy atom. The van der Waals surface area contributed by atoms with Crippen molar-refractivity contribution >= 4 is 17.5 Å². The Hall–Kier alpha value is -2.63. The third kappa shape index (κ3) is 3.00. The summed E-state index contributed by atoms with van der Waals surface area (Å²) in [5, 5.41) is 11.1. The monoisotopic (exact) mass is 303 g/mol. The van der Waals surface area contributed by atoms with Gasteiger partial charge in [0.1, 0.15) is 5.75 Å². The van der Waals surface area contributed by atoms with E-state index in [4.69, 9.17) is 15.6 Å². The standard InChI is InChI=1S/C16H21N3O3/c1-16(2,3)14-6-5-7-19(14)12-8-10(17)11(18-15(20)21)9-13(12)22-4/h5-9,18H,17H2,1-4H3,(H,20,21). The maximum Gasteiger partial charge on any atom is 0.409 e. The van der Waals surface area contributed by atoms with Crippen LogP contribution < -0.4 is 15.8 Å². The summed E-state index contributed by atoms with van der Waals surface area (Å²) < 4.78 is 7.40. The van der Waals surface area contributed by atoms with Gasteiger partial charge in [-0.3, -0.25) is 5.32 Å². The normalized spacial score (nSPS) is 11.3. The molecule has 2 rings (SSSR count). The molecule has 1 heterocycles. The van der Waals surface area contributed by atoms with Crippen molar-refractivity contribution in [1.29, 1.82) is 0 Å². The minimum absolute atomic E-state index is 0.0543. The highest BCUT2D eigenvalue weighted by Gasteiger charge is 2.21. The number of carboxylic acid groups (broad SMARTS) is 1. The van der Waals surface area contributed by atoms with Crippen LogP contribution in [0.3, 0.4) is 0 Å². The van der Waals surface area contributed by atoms with Gasteiger partial charge in [0.15, 0.2) is 0 Å². The molecule has 118 valence electrons. The zero-order chi connectivity index (χ0) is 16.5. The average molecular weight is 303 g/mol. The second-order valence-corrected chi connectivity index (χ2v) is 6.05. The highest BCUT2D eigenvalue weighted by Crippen LogP contribution is 2.35. The third-order valence-electron chi connectivity index (χ3n) is 3.37. The highest BCUT2D eigenvalue weighted by molar-refractivity contribution is 5.89. The van der Waals surface area contributed by atoms with Crippen molar-refractivity contribution in [3.05, 3.63) is 36.2 Å². The summed E-state index contributed by atoms with van der Waals surface area (Å²) in [6.07, 6.45) is 0.764. The van der Waals surface area contributed by atoms with Gasteiger partial charge in [0, 0.05) is 23.4 Å². The summed E-state index contributed by atoms with van der Waals surface area (Å²) in [7, 11) is 1.54. The number of methoxy groups -OCH3 is 1. The molecular weight excluding hydrogens is 282 g/mol. The SMILES string of the molecule is COc1cc(NC(=O)O)c(N)cc1-n1cccc1C(C)(C)C. The summed E-state index contributed by atoms with van der Waals surface area (Å²) >= 11 is 0. The Kier molecular flexibility index (Phi) is 4.03. The molecular formula is C16H21N3O3. The summed E-state index contributed by atoms with van der Waals surface area (Å²) in [4.78, 5) is 10.8. The first kappa shape index (κ1) is 15.8. The number of anilines is 2. The number of hydrogen-bond donors (Lipinski definition) is 3. The fraction of sp³-hybridized carbons (Fsp3) is 0.312. The van der Waals surface area contributed by atoms with E-state index in [1.807, 2.05) is 22.9 Å². The molecule has 0 aliphatic heterocycles. The fourth-order valence-corrected chi connectivity index (χ4v) is 2.36. The van der Waals surface area contributed by atoms with Crippen LogP contribution in [0.5, 0.6) is 5.75 Å². The van der Waals surface area contributed by atoms with Crippen LogP contribution in [0.15, 0.2) is 30.5 Å². The quantitative estimate of drug-likeness (QED) is 0.757. The number of nitrogens with one attached hydrogen (secondary N) is 1. The lowest BCUT2D eigenvalue weighted by atomic mass is 9.92. The van der Waals surface area contributed by atoms with Gasteiger partial charge in [-0.1, -0.05) is 20.8 Å². The molecule has 1 aromatic heterocycles. The second-order valence-electron chi connectivity index (χ2n) is 6.05. The number of benzene rings is 1. The van der Waals surface area contributed by atoms with Gasteiger partial charge in [-0.2, -0.15) is 0 Å². The molecule has 6 heteroatoms. The number of nitrogen functional groups attached to an aromatic ring is 1. The van der Waals surface area contributed by atoms with Crippen LogP contribution in [-0.4, -0.2) is 22.9 Å². The lowest BCUT2D eigenvalue weighted by Gasteiger charge is -2.23. The van der Waals surface area contributed by atoms with E-state index in [1.165, 1.54) is 0 Å². The zero-order valence-corrected chi connectivity index (χ0v) is 13.2. The van der Waals surface area contributed by atoms with Gasteiger partial charge in [0.2, 0.25) is 0 Å². The molecule has 0 aliphatic rings. The third-order valence-corrected chi connectivity index (χ3v) is 3.37. The van der Waals surface area contributed by atoms with Crippen LogP contribution in [-0.2, 0) is 5.41 Å². The van der Waals surface area contributed by atoms with Gasteiger partial charge >= 0.3 is 6.09 Å². The number of hydrogen-bond acceptors (Lipinski definition) is 3. The summed E-state index contributed by atoms with van der Waals surface area (Å²) in [5.41, 5.74) is 8.42. The molecule has 0 atom stereocenters. The number of rotatable bonds is 3. The van der Waals surface area contributed by atoms with Gasteiger partial charge in [0.25, 0.3) is 0 Å².